The lowest BCUT2D eigenvalue weighted by Crippen LogP contribution is -2.09. The lowest BCUT2D eigenvalue weighted by molar-refractivity contribution is -0.115. The van der Waals surface area contributed by atoms with E-state index in [1.54, 1.807) is 0 Å². The second kappa shape index (κ2) is 7.71. The van der Waals surface area contributed by atoms with Crippen LogP contribution in [0.2, 0.25) is 0 Å². The highest BCUT2D eigenvalue weighted by Crippen LogP contribution is 2.13. The Kier molecular flexibility index (Phi) is 6.15. The first-order valence-corrected chi connectivity index (χ1v) is 6.40. The number of rotatable bonds is 7. The van der Waals surface area contributed by atoms with Crippen molar-refractivity contribution in [3.8, 4) is 0 Å². The molecule has 94 valence electrons. The third-order valence-corrected chi connectivity index (χ3v) is 2.60. The van der Waals surface area contributed by atoms with E-state index in [0.29, 0.717) is 6.42 Å². The van der Waals surface area contributed by atoms with Gasteiger partial charge in [-0.3, -0.25) is 4.79 Å². The molecule has 0 heterocycles. The zero-order valence-electron chi connectivity index (χ0n) is 10.8. The summed E-state index contributed by atoms with van der Waals surface area (Å²) in [7, 11) is 0. The van der Waals surface area contributed by atoms with E-state index >= 15 is 0 Å². The number of carbonyl (C=O) groups excluding carboxylic acids is 1. The summed E-state index contributed by atoms with van der Waals surface area (Å²) in [5, 5.41) is 6.19. The van der Waals surface area contributed by atoms with Crippen LogP contribution in [0.5, 0.6) is 0 Å². The molecule has 0 aliphatic heterocycles. The van der Waals surface area contributed by atoms with Crippen molar-refractivity contribution in [3.05, 3.63) is 24.3 Å². The number of nitrogens with one attached hydrogen (secondary N) is 2. The molecule has 0 aliphatic carbocycles. The monoisotopic (exact) mass is 234 g/mol. The van der Waals surface area contributed by atoms with Crippen molar-refractivity contribution in [1.29, 1.82) is 0 Å². The van der Waals surface area contributed by atoms with Crippen molar-refractivity contribution in [3.63, 3.8) is 0 Å². The van der Waals surface area contributed by atoms with Gasteiger partial charge in [-0.2, -0.15) is 0 Å². The highest BCUT2D eigenvalue weighted by molar-refractivity contribution is 5.90. The summed E-state index contributed by atoms with van der Waals surface area (Å²) in [4.78, 5) is 11.2. The largest absolute Gasteiger partial charge is 0.385 e. The molecular formula is C14H22N2O. The van der Waals surface area contributed by atoms with Gasteiger partial charge in [0, 0.05) is 24.3 Å². The van der Waals surface area contributed by atoms with Gasteiger partial charge in [-0.25, -0.2) is 0 Å². The molecule has 0 saturated carbocycles. The van der Waals surface area contributed by atoms with Crippen LogP contribution < -0.4 is 10.6 Å². The summed E-state index contributed by atoms with van der Waals surface area (Å²) >= 11 is 0. The van der Waals surface area contributed by atoms with Crippen LogP contribution in [0.1, 0.15) is 39.5 Å². The molecule has 2 N–H and O–H groups in total. The average Bonchev–Trinajstić information content (AvgIpc) is 2.36. The van der Waals surface area contributed by atoms with Crippen molar-refractivity contribution in [2.45, 2.75) is 39.5 Å². The Labute approximate surface area is 104 Å². The first kappa shape index (κ1) is 13.6. The van der Waals surface area contributed by atoms with Crippen LogP contribution in [0.25, 0.3) is 0 Å². The van der Waals surface area contributed by atoms with E-state index in [0.717, 1.165) is 17.9 Å². The van der Waals surface area contributed by atoms with E-state index in [1.165, 1.54) is 19.3 Å². The Bertz CT molecular complexity index is 333. The Morgan fingerprint density at radius 2 is 1.71 bits per heavy atom. The van der Waals surface area contributed by atoms with E-state index in [4.69, 9.17) is 0 Å². The average molecular weight is 234 g/mol. The third kappa shape index (κ3) is 5.38. The van der Waals surface area contributed by atoms with Crippen LogP contribution in [0.4, 0.5) is 11.4 Å². The van der Waals surface area contributed by atoms with Crippen LogP contribution in [0.15, 0.2) is 24.3 Å². The molecule has 1 aromatic carbocycles. The number of benzene rings is 1. The molecule has 17 heavy (non-hydrogen) atoms. The fourth-order valence-electron chi connectivity index (χ4n) is 1.53. The SMILES string of the molecule is CCCCCNc1ccc(NC(=O)CC)cc1. The lowest BCUT2D eigenvalue weighted by atomic mass is 10.2. The first-order valence-electron chi connectivity index (χ1n) is 6.40. The minimum atomic E-state index is 0.0497. The topological polar surface area (TPSA) is 41.1 Å². The molecule has 1 amide bonds. The summed E-state index contributed by atoms with van der Waals surface area (Å²) in [6.45, 7) is 5.05. The van der Waals surface area contributed by atoms with E-state index in [-0.39, 0.29) is 5.91 Å². The number of carbonyl (C=O) groups is 1. The van der Waals surface area contributed by atoms with Gasteiger partial charge in [-0.15, -0.1) is 0 Å². The first-order chi connectivity index (χ1) is 8.26. The Hall–Kier alpha value is -1.51. The number of anilines is 2. The molecule has 1 aromatic rings. The van der Waals surface area contributed by atoms with E-state index in [9.17, 15) is 4.79 Å². The molecular weight excluding hydrogens is 212 g/mol. The zero-order valence-corrected chi connectivity index (χ0v) is 10.8. The van der Waals surface area contributed by atoms with Crippen LogP contribution in [-0.2, 0) is 4.79 Å². The second-order valence-corrected chi connectivity index (χ2v) is 4.11. The van der Waals surface area contributed by atoms with E-state index in [2.05, 4.69) is 17.6 Å². The van der Waals surface area contributed by atoms with Crippen LogP contribution in [-0.4, -0.2) is 12.5 Å². The predicted octanol–water partition coefficient (Wildman–Crippen LogP) is 3.64. The standard InChI is InChI=1S/C14H22N2O/c1-3-5-6-11-15-12-7-9-13(10-8-12)16-14(17)4-2/h7-10,15H,3-6,11H2,1-2H3,(H,16,17). The van der Waals surface area contributed by atoms with Gasteiger partial charge in [-0.05, 0) is 30.7 Å². The molecule has 3 heteroatoms. The second-order valence-electron chi connectivity index (χ2n) is 4.11. The fraction of sp³-hybridized carbons (Fsp3) is 0.500. The molecule has 0 radical (unpaired) electrons. The maximum atomic E-state index is 11.2. The summed E-state index contributed by atoms with van der Waals surface area (Å²) in [5.41, 5.74) is 1.96. The van der Waals surface area contributed by atoms with Gasteiger partial charge in [0.25, 0.3) is 0 Å². The molecule has 0 aliphatic rings. The molecule has 0 bridgehead atoms. The molecule has 0 spiro atoms. The highest BCUT2D eigenvalue weighted by Gasteiger charge is 1.98. The van der Waals surface area contributed by atoms with Crippen molar-refractivity contribution in [1.82, 2.24) is 0 Å². The van der Waals surface area contributed by atoms with Crippen molar-refractivity contribution >= 4 is 17.3 Å². The van der Waals surface area contributed by atoms with Crippen molar-refractivity contribution < 1.29 is 4.79 Å². The normalized spacial score (nSPS) is 10.0. The van der Waals surface area contributed by atoms with Crippen molar-refractivity contribution in [2.24, 2.45) is 0 Å². The summed E-state index contributed by atoms with van der Waals surface area (Å²) in [5.74, 6) is 0.0497. The number of hydrogen-bond acceptors (Lipinski definition) is 2. The Morgan fingerprint density at radius 1 is 1.06 bits per heavy atom. The predicted molar refractivity (Wildman–Crippen MR) is 73.4 cm³/mol. The third-order valence-electron chi connectivity index (χ3n) is 2.60. The van der Waals surface area contributed by atoms with Crippen LogP contribution in [0.3, 0.4) is 0 Å². The quantitative estimate of drug-likeness (QED) is 0.707. The highest BCUT2D eigenvalue weighted by atomic mass is 16.1. The maximum Gasteiger partial charge on any atom is 0.224 e. The van der Waals surface area contributed by atoms with Gasteiger partial charge in [0.15, 0.2) is 0 Å². The number of unbranched alkanes of at least 4 members (excludes halogenated alkanes) is 2. The number of hydrogen-bond donors (Lipinski definition) is 2. The minimum Gasteiger partial charge on any atom is -0.385 e. The molecule has 0 aromatic heterocycles. The summed E-state index contributed by atoms with van der Waals surface area (Å²) in [6.07, 6.45) is 4.21. The van der Waals surface area contributed by atoms with Crippen LogP contribution >= 0.6 is 0 Å². The lowest BCUT2D eigenvalue weighted by Gasteiger charge is -2.07. The van der Waals surface area contributed by atoms with E-state index < -0.39 is 0 Å². The smallest absolute Gasteiger partial charge is 0.224 e. The molecule has 3 nitrogen and oxygen atoms in total. The van der Waals surface area contributed by atoms with Gasteiger partial charge >= 0.3 is 0 Å². The summed E-state index contributed by atoms with van der Waals surface area (Å²) in [6, 6.07) is 7.85. The number of amides is 1. The Morgan fingerprint density at radius 3 is 2.29 bits per heavy atom. The zero-order chi connectivity index (χ0) is 12.5. The van der Waals surface area contributed by atoms with Gasteiger partial charge in [0.1, 0.15) is 0 Å². The van der Waals surface area contributed by atoms with Crippen LogP contribution in [0, 0.1) is 0 Å². The molecule has 0 unspecified atom stereocenters. The molecule has 1 rings (SSSR count). The molecule has 0 atom stereocenters. The van der Waals surface area contributed by atoms with Gasteiger partial charge in [0.05, 0.1) is 0 Å². The molecule has 0 fully saturated rings. The summed E-state index contributed by atoms with van der Waals surface area (Å²) < 4.78 is 0. The molecule has 0 saturated heterocycles. The maximum absolute atomic E-state index is 11.2. The fourth-order valence-corrected chi connectivity index (χ4v) is 1.53. The Balaban J connectivity index is 2.36. The minimum absolute atomic E-state index is 0.0497. The van der Waals surface area contributed by atoms with Gasteiger partial charge < -0.3 is 10.6 Å². The van der Waals surface area contributed by atoms with Gasteiger partial charge in [-0.1, -0.05) is 26.7 Å². The van der Waals surface area contributed by atoms with Crippen molar-refractivity contribution in [2.75, 3.05) is 17.2 Å². The van der Waals surface area contributed by atoms with Gasteiger partial charge in [0.2, 0.25) is 5.91 Å². The van der Waals surface area contributed by atoms with E-state index in [1.807, 2.05) is 31.2 Å².